The maximum Gasteiger partial charge on any atom is 0.229 e. The highest BCUT2D eigenvalue weighted by Crippen LogP contribution is 2.00. The van der Waals surface area contributed by atoms with E-state index in [1.807, 2.05) is 0 Å². The Hall–Kier alpha value is -0.900. The molecular weight excluding hydrogens is 120 g/mol. The molecule has 0 aliphatic carbocycles. The number of hydrogen-bond acceptors (Lipinski definition) is 3. The minimum Gasteiger partial charge on any atom is -0.369 e. The maximum atomic E-state index is 10.7. The summed E-state index contributed by atoms with van der Waals surface area (Å²) < 4.78 is 0. The predicted molar refractivity (Wildman–Crippen MR) is 30.6 cm³/mol. The van der Waals surface area contributed by atoms with Crippen molar-refractivity contribution in [2.45, 2.75) is 0 Å². The smallest absolute Gasteiger partial charge is 0.229 e. The number of nitrogens with one attached hydrogen (secondary N) is 1. The van der Waals surface area contributed by atoms with Gasteiger partial charge in [0.15, 0.2) is 5.78 Å². The van der Waals surface area contributed by atoms with E-state index in [-0.39, 0.29) is 12.3 Å². The van der Waals surface area contributed by atoms with Crippen LogP contribution >= 0.6 is 0 Å². The average Bonchev–Trinajstić information content (AvgIpc) is 2.13. The quantitative estimate of drug-likeness (QED) is 0.412. The second-order valence-corrected chi connectivity index (χ2v) is 2.05. The lowest BCUT2D eigenvalue weighted by Gasteiger charge is -1.97. The minimum absolute atomic E-state index is 0.0949. The first kappa shape index (κ1) is 6.22. The summed E-state index contributed by atoms with van der Waals surface area (Å²) in [6.07, 6.45) is 0. The van der Waals surface area contributed by atoms with Crippen LogP contribution in [0.25, 0.3) is 0 Å². The summed E-state index contributed by atoms with van der Waals surface area (Å²) in [5.41, 5.74) is 4.89. The zero-order valence-electron chi connectivity index (χ0n) is 4.89. The Labute approximate surface area is 52.4 Å². The molecule has 1 aliphatic rings. The highest BCUT2D eigenvalue weighted by molar-refractivity contribution is 6.03. The monoisotopic (exact) mass is 128 g/mol. The highest BCUT2D eigenvalue weighted by atomic mass is 16.2. The molecule has 1 aliphatic heterocycles. The lowest BCUT2D eigenvalue weighted by atomic mass is 10.1. The fourth-order valence-electron chi connectivity index (χ4n) is 0.836. The lowest BCUT2D eigenvalue weighted by Crippen LogP contribution is -2.29. The molecule has 1 unspecified atom stereocenters. The molecule has 4 heteroatoms. The van der Waals surface area contributed by atoms with Gasteiger partial charge >= 0.3 is 0 Å². The summed E-state index contributed by atoms with van der Waals surface area (Å²) in [7, 11) is 0. The number of carbonyl (C=O) groups is 2. The SMILES string of the molecule is NC(=O)C1CNCC1=O. The van der Waals surface area contributed by atoms with Crippen molar-refractivity contribution in [3.8, 4) is 0 Å². The molecule has 0 bridgehead atoms. The Morgan fingerprint density at radius 3 is 2.67 bits per heavy atom. The van der Waals surface area contributed by atoms with Crippen molar-refractivity contribution >= 4 is 11.7 Å². The Kier molecular flexibility index (Phi) is 1.48. The Balaban J connectivity index is 2.60. The third kappa shape index (κ3) is 1.08. The first-order valence-electron chi connectivity index (χ1n) is 2.74. The summed E-state index contributed by atoms with van der Waals surface area (Å²) in [6.45, 7) is 0.696. The van der Waals surface area contributed by atoms with Gasteiger partial charge in [-0.3, -0.25) is 9.59 Å². The van der Waals surface area contributed by atoms with Crippen molar-refractivity contribution < 1.29 is 9.59 Å². The van der Waals surface area contributed by atoms with E-state index in [4.69, 9.17) is 5.73 Å². The van der Waals surface area contributed by atoms with E-state index in [2.05, 4.69) is 5.32 Å². The van der Waals surface area contributed by atoms with E-state index >= 15 is 0 Å². The van der Waals surface area contributed by atoms with Crippen LogP contribution in [-0.4, -0.2) is 24.8 Å². The number of primary amides is 1. The lowest BCUT2D eigenvalue weighted by molar-refractivity contribution is -0.129. The van der Waals surface area contributed by atoms with E-state index in [9.17, 15) is 9.59 Å². The molecule has 0 radical (unpaired) electrons. The fourth-order valence-corrected chi connectivity index (χ4v) is 0.836. The summed E-state index contributed by atoms with van der Waals surface area (Å²) in [5.74, 6) is -1.20. The van der Waals surface area contributed by atoms with Crippen LogP contribution in [0.1, 0.15) is 0 Å². The molecule has 0 aromatic heterocycles. The van der Waals surface area contributed by atoms with Crippen molar-refractivity contribution in [2.24, 2.45) is 11.7 Å². The standard InChI is InChI=1S/C5H8N2O2/c6-5(9)3-1-7-2-4(3)8/h3,7H,1-2H2,(H2,6,9). The molecule has 1 heterocycles. The molecule has 9 heavy (non-hydrogen) atoms. The molecule has 1 atom stereocenters. The molecule has 0 aromatic rings. The molecule has 3 N–H and O–H groups in total. The Morgan fingerprint density at radius 1 is 1.78 bits per heavy atom. The second kappa shape index (κ2) is 2.14. The molecule has 0 spiro atoms. The van der Waals surface area contributed by atoms with Gasteiger partial charge in [-0.15, -0.1) is 0 Å². The number of ketones is 1. The van der Waals surface area contributed by atoms with Crippen LogP contribution in [-0.2, 0) is 9.59 Å². The third-order valence-electron chi connectivity index (χ3n) is 1.38. The largest absolute Gasteiger partial charge is 0.369 e. The minimum atomic E-state index is -0.579. The Bertz CT molecular complexity index is 155. The predicted octanol–water partition coefficient (Wildman–Crippen LogP) is -1.74. The normalized spacial score (nSPS) is 26.7. The van der Waals surface area contributed by atoms with E-state index in [0.29, 0.717) is 6.54 Å². The van der Waals surface area contributed by atoms with E-state index in [1.165, 1.54) is 0 Å². The maximum absolute atomic E-state index is 10.7. The molecule has 1 saturated heterocycles. The van der Waals surface area contributed by atoms with Gasteiger partial charge in [0.05, 0.1) is 6.54 Å². The fraction of sp³-hybridized carbons (Fsp3) is 0.600. The first-order valence-corrected chi connectivity index (χ1v) is 2.74. The van der Waals surface area contributed by atoms with Crippen LogP contribution in [0, 0.1) is 5.92 Å². The van der Waals surface area contributed by atoms with Crippen molar-refractivity contribution in [3.63, 3.8) is 0 Å². The van der Waals surface area contributed by atoms with Gasteiger partial charge in [0.1, 0.15) is 5.92 Å². The Morgan fingerprint density at radius 2 is 2.44 bits per heavy atom. The zero-order valence-corrected chi connectivity index (χ0v) is 4.89. The molecule has 0 aromatic carbocycles. The van der Waals surface area contributed by atoms with Crippen LogP contribution in [0.4, 0.5) is 0 Å². The van der Waals surface area contributed by atoms with Crippen LogP contribution in [0.5, 0.6) is 0 Å². The van der Waals surface area contributed by atoms with Gasteiger partial charge in [0.2, 0.25) is 5.91 Å². The molecular formula is C5H8N2O2. The molecule has 0 saturated carbocycles. The van der Waals surface area contributed by atoms with Crippen molar-refractivity contribution in [2.75, 3.05) is 13.1 Å². The summed E-state index contributed by atoms with van der Waals surface area (Å²) in [4.78, 5) is 21.0. The first-order chi connectivity index (χ1) is 4.22. The van der Waals surface area contributed by atoms with Gasteiger partial charge in [-0.05, 0) is 0 Å². The van der Waals surface area contributed by atoms with Gasteiger partial charge < -0.3 is 11.1 Å². The number of rotatable bonds is 1. The number of amides is 1. The van der Waals surface area contributed by atoms with Crippen molar-refractivity contribution in [3.05, 3.63) is 0 Å². The number of Topliss-reactive ketones (excluding diaryl/α,β-unsaturated/α-hetero) is 1. The molecule has 50 valence electrons. The zero-order chi connectivity index (χ0) is 6.85. The van der Waals surface area contributed by atoms with E-state index < -0.39 is 11.8 Å². The van der Waals surface area contributed by atoms with Crippen LogP contribution in [0.2, 0.25) is 0 Å². The van der Waals surface area contributed by atoms with Crippen LogP contribution < -0.4 is 11.1 Å². The van der Waals surface area contributed by atoms with E-state index in [0.717, 1.165) is 0 Å². The molecule has 4 nitrogen and oxygen atoms in total. The highest BCUT2D eigenvalue weighted by Gasteiger charge is 2.28. The number of nitrogens with two attached hydrogens (primary N) is 1. The van der Waals surface area contributed by atoms with E-state index in [1.54, 1.807) is 0 Å². The third-order valence-corrected chi connectivity index (χ3v) is 1.38. The summed E-state index contributed by atoms with van der Waals surface area (Å²) in [6, 6.07) is 0. The number of carbonyl (C=O) groups excluding carboxylic acids is 2. The van der Waals surface area contributed by atoms with Gasteiger partial charge in [-0.25, -0.2) is 0 Å². The molecule has 1 amide bonds. The second-order valence-electron chi connectivity index (χ2n) is 2.05. The molecule has 1 rings (SSSR count). The number of hydrogen-bond donors (Lipinski definition) is 2. The average molecular weight is 128 g/mol. The topological polar surface area (TPSA) is 72.2 Å². The summed E-state index contributed by atoms with van der Waals surface area (Å²) in [5, 5.41) is 2.75. The summed E-state index contributed by atoms with van der Waals surface area (Å²) >= 11 is 0. The van der Waals surface area contributed by atoms with Crippen molar-refractivity contribution in [1.29, 1.82) is 0 Å². The van der Waals surface area contributed by atoms with Gasteiger partial charge in [0.25, 0.3) is 0 Å². The van der Waals surface area contributed by atoms with Crippen molar-refractivity contribution in [1.82, 2.24) is 5.32 Å². The van der Waals surface area contributed by atoms with Crippen LogP contribution in [0.15, 0.2) is 0 Å². The molecule has 1 fully saturated rings. The van der Waals surface area contributed by atoms with Gasteiger partial charge in [-0.1, -0.05) is 0 Å². The van der Waals surface area contributed by atoms with Crippen LogP contribution in [0.3, 0.4) is 0 Å². The van der Waals surface area contributed by atoms with Gasteiger partial charge in [0, 0.05) is 6.54 Å². The van der Waals surface area contributed by atoms with Gasteiger partial charge in [-0.2, -0.15) is 0 Å².